The second-order valence-corrected chi connectivity index (χ2v) is 10.1. The Labute approximate surface area is 157 Å². The van der Waals surface area contributed by atoms with Crippen molar-refractivity contribution in [2.45, 2.75) is 76.6 Å². The lowest BCUT2D eigenvalue weighted by Gasteiger charge is -2.60. The van der Waals surface area contributed by atoms with Crippen LogP contribution in [0.15, 0.2) is 0 Å². The zero-order valence-electron chi connectivity index (χ0n) is 16.8. The predicted molar refractivity (Wildman–Crippen MR) is 97.5 cm³/mol. The third-order valence-corrected chi connectivity index (χ3v) is 10.1. The van der Waals surface area contributed by atoms with Crippen LogP contribution >= 0.6 is 0 Å². The second-order valence-electron chi connectivity index (χ2n) is 10.1. The quantitative estimate of drug-likeness (QED) is 0.710. The normalized spacial score (nSPS) is 54.7. The van der Waals surface area contributed by atoms with Gasteiger partial charge in [0.1, 0.15) is 5.78 Å². The summed E-state index contributed by atoms with van der Waals surface area (Å²) < 4.78 is 18.1. The molecule has 5 rings (SSSR count). The van der Waals surface area contributed by atoms with Gasteiger partial charge in [0, 0.05) is 44.0 Å². The molecule has 0 radical (unpaired) electrons. The molecule has 1 spiro atoms. The van der Waals surface area contributed by atoms with E-state index >= 15 is 0 Å². The van der Waals surface area contributed by atoms with E-state index in [9.17, 15) is 4.79 Å². The fourth-order valence-electron chi connectivity index (χ4n) is 9.02. The third-order valence-electron chi connectivity index (χ3n) is 10.1. The van der Waals surface area contributed by atoms with E-state index in [0.717, 1.165) is 38.5 Å². The minimum Gasteiger partial charge on any atom is -0.378 e. The molecule has 4 nitrogen and oxygen atoms in total. The molecule has 0 unspecified atom stereocenters. The van der Waals surface area contributed by atoms with Crippen molar-refractivity contribution in [1.29, 1.82) is 0 Å². The summed E-state index contributed by atoms with van der Waals surface area (Å²) in [6, 6.07) is 0. The van der Waals surface area contributed by atoms with E-state index in [2.05, 4.69) is 6.92 Å². The van der Waals surface area contributed by atoms with Gasteiger partial charge in [0.15, 0.2) is 6.29 Å². The first-order valence-electron chi connectivity index (χ1n) is 10.6. The van der Waals surface area contributed by atoms with Gasteiger partial charge >= 0.3 is 0 Å². The van der Waals surface area contributed by atoms with E-state index in [0.29, 0.717) is 23.5 Å². The number of methoxy groups -OCH3 is 3. The van der Waals surface area contributed by atoms with E-state index in [-0.39, 0.29) is 28.1 Å². The Balaban J connectivity index is 1.59. The molecule has 0 bridgehead atoms. The Kier molecular flexibility index (Phi) is 3.61. The summed E-state index contributed by atoms with van der Waals surface area (Å²) in [6.07, 6.45) is 9.85. The van der Waals surface area contributed by atoms with Crippen LogP contribution in [0.3, 0.4) is 0 Å². The molecule has 0 aliphatic heterocycles. The number of carbonyl (C=O) groups excluding carboxylic acids is 1. The number of hydrogen-bond donors (Lipinski definition) is 0. The van der Waals surface area contributed by atoms with Gasteiger partial charge in [-0.05, 0) is 69.1 Å². The minimum absolute atomic E-state index is 0.0551. The molecule has 0 amide bonds. The lowest BCUT2D eigenvalue weighted by Crippen LogP contribution is -2.59. The highest BCUT2D eigenvalue weighted by atomic mass is 16.7. The molecule has 0 aromatic heterocycles. The van der Waals surface area contributed by atoms with Crippen LogP contribution in [0.5, 0.6) is 0 Å². The number of ether oxygens (including phenoxy) is 3. The largest absolute Gasteiger partial charge is 0.378 e. The van der Waals surface area contributed by atoms with Crippen LogP contribution < -0.4 is 0 Å². The monoisotopic (exact) mass is 362 g/mol. The lowest BCUT2D eigenvalue weighted by atomic mass is 9.46. The third kappa shape index (κ3) is 1.68. The Morgan fingerprint density at radius 3 is 2.38 bits per heavy atom. The molecule has 5 fully saturated rings. The highest BCUT2D eigenvalue weighted by Crippen LogP contribution is 2.85. The van der Waals surface area contributed by atoms with Gasteiger partial charge in [-0.3, -0.25) is 4.79 Å². The Morgan fingerprint density at radius 1 is 0.962 bits per heavy atom. The maximum absolute atomic E-state index is 12.7. The summed E-state index contributed by atoms with van der Waals surface area (Å²) >= 11 is 0. The van der Waals surface area contributed by atoms with Gasteiger partial charge in [0.05, 0.1) is 5.60 Å². The molecule has 0 N–H and O–H groups in total. The van der Waals surface area contributed by atoms with Crippen molar-refractivity contribution >= 4 is 5.78 Å². The first-order valence-corrected chi connectivity index (χ1v) is 10.6. The minimum atomic E-state index is -0.156. The van der Waals surface area contributed by atoms with E-state index < -0.39 is 0 Å². The molecule has 4 heteroatoms. The summed E-state index contributed by atoms with van der Waals surface area (Å²) in [5.74, 6) is 2.33. The van der Waals surface area contributed by atoms with E-state index in [4.69, 9.17) is 14.2 Å². The van der Waals surface area contributed by atoms with Crippen LogP contribution in [-0.2, 0) is 19.0 Å². The van der Waals surface area contributed by atoms with Gasteiger partial charge in [-0.1, -0.05) is 6.92 Å². The predicted octanol–water partition coefficient (Wildman–Crippen LogP) is 3.97. The van der Waals surface area contributed by atoms with Crippen LogP contribution in [-0.4, -0.2) is 39.0 Å². The van der Waals surface area contributed by atoms with Crippen LogP contribution in [0.1, 0.15) is 64.7 Å². The number of hydrogen-bond acceptors (Lipinski definition) is 4. The average molecular weight is 363 g/mol. The number of ketones is 1. The molecule has 5 aliphatic carbocycles. The van der Waals surface area contributed by atoms with E-state index in [1.807, 2.05) is 7.11 Å². The van der Waals surface area contributed by atoms with Gasteiger partial charge in [-0.2, -0.15) is 0 Å². The number of Topliss-reactive ketones (excluding diaryl/α,β-unsaturated/α-hetero) is 1. The summed E-state index contributed by atoms with van der Waals surface area (Å²) in [6.45, 7) is 2.26. The summed E-state index contributed by atoms with van der Waals surface area (Å²) in [5.41, 5.74) is 0.272. The van der Waals surface area contributed by atoms with E-state index in [1.54, 1.807) is 14.2 Å². The molecule has 0 aromatic rings. The topological polar surface area (TPSA) is 44.8 Å². The number of carbonyl (C=O) groups is 1. The molecule has 26 heavy (non-hydrogen) atoms. The van der Waals surface area contributed by atoms with Crippen LogP contribution in [0.25, 0.3) is 0 Å². The van der Waals surface area contributed by atoms with Crippen molar-refractivity contribution < 1.29 is 19.0 Å². The Morgan fingerprint density at radius 2 is 1.73 bits per heavy atom. The number of fused-ring (bicyclic) bond motifs is 4. The van der Waals surface area contributed by atoms with Crippen molar-refractivity contribution in [3.05, 3.63) is 0 Å². The maximum Gasteiger partial charge on any atom is 0.163 e. The summed E-state index contributed by atoms with van der Waals surface area (Å²) in [5, 5.41) is 0. The van der Waals surface area contributed by atoms with Crippen molar-refractivity contribution in [2.75, 3.05) is 21.3 Å². The Hall–Kier alpha value is -0.450. The van der Waals surface area contributed by atoms with E-state index in [1.165, 1.54) is 19.3 Å². The number of rotatable bonds is 4. The SMILES string of the molecule is COC(OC)[C@]12CC[C@]3(OC)C[C@@]31CC[C@@H]1[C@@H]2CC[C@]2(C)C(=O)CC[C@@H]12. The van der Waals surface area contributed by atoms with Crippen molar-refractivity contribution in [1.82, 2.24) is 0 Å². The fourth-order valence-corrected chi connectivity index (χ4v) is 9.02. The smallest absolute Gasteiger partial charge is 0.163 e. The van der Waals surface area contributed by atoms with Crippen LogP contribution in [0.4, 0.5) is 0 Å². The molecule has 0 aromatic carbocycles. The van der Waals surface area contributed by atoms with Crippen molar-refractivity contribution in [3.8, 4) is 0 Å². The molecule has 7 atom stereocenters. The van der Waals surface area contributed by atoms with Crippen molar-refractivity contribution in [3.63, 3.8) is 0 Å². The highest BCUT2D eigenvalue weighted by molar-refractivity contribution is 5.87. The first kappa shape index (κ1) is 17.6. The molecule has 5 saturated carbocycles. The molecular weight excluding hydrogens is 328 g/mol. The Bertz CT molecular complexity index is 630. The first-order chi connectivity index (χ1) is 12.4. The molecular formula is C22H34O4. The van der Waals surface area contributed by atoms with Gasteiger partial charge in [0.2, 0.25) is 0 Å². The lowest BCUT2D eigenvalue weighted by molar-refractivity contribution is -0.253. The van der Waals surface area contributed by atoms with Crippen LogP contribution in [0.2, 0.25) is 0 Å². The fraction of sp³-hybridized carbons (Fsp3) is 0.955. The molecule has 0 saturated heterocycles. The van der Waals surface area contributed by atoms with Gasteiger partial charge < -0.3 is 14.2 Å². The van der Waals surface area contributed by atoms with Crippen molar-refractivity contribution in [2.24, 2.45) is 34.0 Å². The molecule has 146 valence electrons. The molecule has 0 heterocycles. The molecule has 5 aliphatic rings. The van der Waals surface area contributed by atoms with Gasteiger partial charge in [-0.15, -0.1) is 0 Å². The standard InChI is InChI=1S/C22H34O4/c1-19-9-8-16-14(15(19)5-6-17(19)23)7-10-20-13-21(20,26-4)11-12-22(16,20)18(24-2)25-3/h14-16,18H,5-13H2,1-4H3/t14-,15-,16-,19-,20-,21-,22+/m0/s1. The maximum atomic E-state index is 12.7. The zero-order chi connectivity index (χ0) is 18.4. The summed E-state index contributed by atoms with van der Waals surface area (Å²) in [7, 11) is 5.52. The zero-order valence-corrected chi connectivity index (χ0v) is 16.8. The second kappa shape index (κ2) is 5.33. The summed E-state index contributed by atoms with van der Waals surface area (Å²) in [4.78, 5) is 12.7. The van der Waals surface area contributed by atoms with Gasteiger partial charge in [0.25, 0.3) is 0 Å². The average Bonchev–Trinajstić information content (AvgIpc) is 3.07. The van der Waals surface area contributed by atoms with Crippen LogP contribution in [0, 0.1) is 34.0 Å². The highest BCUT2D eigenvalue weighted by Gasteiger charge is 2.85. The van der Waals surface area contributed by atoms with Gasteiger partial charge in [-0.25, -0.2) is 0 Å².